The first kappa shape index (κ1) is 12.3. The summed E-state index contributed by atoms with van der Waals surface area (Å²) in [7, 11) is 1.21. The average Bonchev–Trinajstić information content (AvgIpc) is 2.60. The zero-order chi connectivity index (χ0) is 12.1. The normalized spacial score (nSPS) is 9.62. The number of nitrogens with one attached hydrogen (secondary N) is 1. The summed E-state index contributed by atoms with van der Waals surface area (Å²) in [6.45, 7) is 1.88. The minimum absolute atomic E-state index is 0.0364. The van der Waals surface area contributed by atoms with Gasteiger partial charge in [0.25, 0.3) is 0 Å². The Labute approximate surface area is 95.8 Å². The van der Waals surface area contributed by atoms with Crippen molar-refractivity contribution in [2.24, 2.45) is 0 Å². The molecule has 1 aromatic heterocycles. The van der Waals surface area contributed by atoms with E-state index in [1.54, 1.807) is 6.92 Å². The van der Waals surface area contributed by atoms with Crippen LogP contribution in [-0.2, 0) is 9.47 Å². The van der Waals surface area contributed by atoms with Crippen molar-refractivity contribution in [1.82, 2.24) is 0 Å². The lowest BCUT2D eigenvalue weighted by molar-refractivity contribution is 0.0603. The third kappa shape index (κ3) is 2.63. The molecular formula is C9H11NO5S. The van der Waals surface area contributed by atoms with E-state index in [0.717, 1.165) is 11.3 Å². The predicted octanol–water partition coefficient (Wildman–Crippen LogP) is 1.81. The van der Waals surface area contributed by atoms with Crippen molar-refractivity contribution in [3.8, 4) is 5.75 Å². The molecule has 0 fully saturated rings. The lowest BCUT2D eigenvalue weighted by Gasteiger charge is -2.03. The first-order valence-electron chi connectivity index (χ1n) is 4.42. The molecule has 7 heteroatoms. The third-order valence-electron chi connectivity index (χ3n) is 1.65. The number of rotatable bonds is 3. The molecular weight excluding hydrogens is 234 g/mol. The monoisotopic (exact) mass is 245 g/mol. The van der Waals surface area contributed by atoms with Crippen molar-refractivity contribution < 1.29 is 24.2 Å². The smallest absolute Gasteiger partial charge is 0.411 e. The van der Waals surface area contributed by atoms with Gasteiger partial charge in [0.1, 0.15) is 0 Å². The van der Waals surface area contributed by atoms with E-state index >= 15 is 0 Å². The minimum atomic E-state index is -0.688. The SMILES string of the molecule is CCOC(=O)Nc1csc(C(=O)OC)c1O. The molecule has 88 valence electrons. The van der Waals surface area contributed by atoms with Crippen LogP contribution in [0, 0.1) is 0 Å². The van der Waals surface area contributed by atoms with Gasteiger partial charge < -0.3 is 14.6 Å². The number of ether oxygens (including phenoxy) is 2. The van der Waals surface area contributed by atoms with Crippen LogP contribution in [0.1, 0.15) is 16.6 Å². The fourth-order valence-electron chi connectivity index (χ4n) is 0.955. The molecule has 0 bridgehead atoms. The van der Waals surface area contributed by atoms with Crippen LogP contribution in [-0.4, -0.2) is 30.9 Å². The van der Waals surface area contributed by atoms with Crippen molar-refractivity contribution in [3.63, 3.8) is 0 Å². The highest BCUT2D eigenvalue weighted by Crippen LogP contribution is 2.34. The summed E-state index contributed by atoms with van der Waals surface area (Å²) in [5, 5.41) is 13.3. The maximum Gasteiger partial charge on any atom is 0.411 e. The Morgan fingerprint density at radius 1 is 1.56 bits per heavy atom. The molecule has 0 aromatic carbocycles. The number of thiophene rings is 1. The Hall–Kier alpha value is -1.76. The molecule has 0 saturated carbocycles. The van der Waals surface area contributed by atoms with Crippen LogP contribution in [0.2, 0.25) is 0 Å². The maximum atomic E-state index is 11.1. The average molecular weight is 245 g/mol. The zero-order valence-electron chi connectivity index (χ0n) is 8.77. The van der Waals surface area contributed by atoms with Crippen LogP contribution in [0.25, 0.3) is 0 Å². The van der Waals surface area contributed by atoms with Gasteiger partial charge in [-0.2, -0.15) is 0 Å². The number of aromatic hydroxyl groups is 1. The van der Waals surface area contributed by atoms with E-state index in [1.165, 1.54) is 12.5 Å². The molecule has 0 aliphatic carbocycles. The van der Waals surface area contributed by atoms with E-state index < -0.39 is 12.1 Å². The second-order valence-corrected chi connectivity index (χ2v) is 3.54. The van der Waals surface area contributed by atoms with E-state index in [0.29, 0.717) is 0 Å². The Bertz CT molecular complexity index is 401. The zero-order valence-corrected chi connectivity index (χ0v) is 9.59. The van der Waals surface area contributed by atoms with Gasteiger partial charge in [-0.05, 0) is 6.92 Å². The molecule has 1 rings (SSSR count). The molecule has 0 aliphatic rings. The molecule has 0 saturated heterocycles. The Morgan fingerprint density at radius 3 is 2.81 bits per heavy atom. The Kier molecular flexibility index (Phi) is 4.12. The van der Waals surface area contributed by atoms with Gasteiger partial charge in [0.15, 0.2) is 10.6 Å². The number of carbonyl (C=O) groups excluding carboxylic acids is 2. The van der Waals surface area contributed by atoms with Gasteiger partial charge in [-0.3, -0.25) is 5.32 Å². The van der Waals surface area contributed by atoms with E-state index in [4.69, 9.17) is 0 Å². The highest BCUT2D eigenvalue weighted by molar-refractivity contribution is 7.13. The lowest BCUT2D eigenvalue weighted by atomic mass is 10.4. The molecule has 1 amide bonds. The minimum Gasteiger partial charge on any atom is -0.504 e. The predicted molar refractivity (Wildman–Crippen MR) is 58.0 cm³/mol. The van der Waals surface area contributed by atoms with Crippen molar-refractivity contribution >= 4 is 29.1 Å². The van der Waals surface area contributed by atoms with Crippen LogP contribution < -0.4 is 5.32 Å². The summed E-state index contributed by atoms with van der Waals surface area (Å²) in [5.41, 5.74) is 0.129. The highest BCUT2D eigenvalue weighted by Gasteiger charge is 2.19. The largest absolute Gasteiger partial charge is 0.504 e. The number of methoxy groups -OCH3 is 1. The molecule has 0 atom stereocenters. The highest BCUT2D eigenvalue weighted by atomic mass is 32.1. The first-order valence-corrected chi connectivity index (χ1v) is 5.30. The molecule has 1 aromatic rings. The van der Waals surface area contributed by atoms with E-state index in [9.17, 15) is 14.7 Å². The second kappa shape index (κ2) is 5.36. The first-order chi connectivity index (χ1) is 7.60. The third-order valence-corrected chi connectivity index (χ3v) is 2.60. The molecule has 2 N–H and O–H groups in total. The molecule has 0 aliphatic heterocycles. The quantitative estimate of drug-likeness (QED) is 0.793. The maximum absolute atomic E-state index is 11.1. The summed E-state index contributed by atoms with van der Waals surface area (Å²) in [6.07, 6.45) is -0.688. The molecule has 16 heavy (non-hydrogen) atoms. The van der Waals surface area contributed by atoms with Crippen molar-refractivity contribution in [1.29, 1.82) is 0 Å². The van der Waals surface area contributed by atoms with Gasteiger partial charge in [0.2, 0.25) is 0 Å². The van der Waals surface area contributed by atoms with Gasteiger partial charge in [-0.1, -0.05) is 0 Å². The molecule has 0 unspecified atom stereocenters. The van der Waals surface area contributed by atoms with Crippen LogP contribution in [0.15, 0.2) is 5.38 Å². The van der Waals surface area contributed by atoms with Crippen LogP contribution in [0.5, 0.6) is 5.75 Å². The number of esters is 1. The van der Waals surface area contributed by atoms with Gasteiger partial charge in [0, 0.05) is 5.38 Å². The lowest BCUT2D eigenvalue weighted by Crippen LogP contribution is -2.12. The van der Waals surface area contributed by atoms with Crippen LogP contribution in [0.3, 0.4) is 0 Å². The molecule has 1 heterocycles. The van der Waals surface area contributed by atoms with Gasteiger partial charge in [0.05, 0.1) is 19.4 Å². The molecule has 0 spiro atoms. The van der Waals surface area contributed by atoms with Crippen LogP contribution in [0.4, 0.5) is 10.5 Å². The standard InChI is InChI=1S/C9H11NO5S/c1-3-15-9(13)10-5-4-16-7(6(5)11)8(12)14-2/h4,11H,3H2,1-2H3,(H,10,13). The van der Waals surface area contributed by atoms with Crippen LogP contribution >= 0.6 is 11.3 Å². The molecule has 0 radical (unpaired) electrons. The van der Waals surface area contributed by atoms with Crippen molar-refractivity contribution in [2.45, 2.75) is 6.92 Å². The summed E-state index contributed by atoms with van der Waals surface area (Å²) in [5.74, 6) is -0.968. The van der Waals surface area contributed by atoms with Gasteiger partial charge in [-0.25, -0.2) is 9.59 Å². The van der Waals surface area contributed by atoms with Crippen molar-refractivity contribution in [2.75, 3.05) is 19.0 Å². The Balaban J connectivity index is 2.80. The number of hydrogen-bond donors (Lipinski definition) is 2. The second-order valence-electron chi connectivity index (χ2n) is 2.66. The summed E-state index contributed by atoms with van der Waals surface area (Å²) in [4.78, 5) is 22.2. The van der Waals surface area contributed by atoms with E-state index in [-0.39, 0.29) is 22.9 Å². The fourth-order valence-corrected chi connectivity index (χ4v) is 1.76. The topological polar surface area (TPSA) is 84.9 Å². The van der Waals surface area contributed by atoms with E-state index in [1.807, 2.05) is 0 Å². The van der Waals surface area contributed by atoms with Crippen molar-refractivity contribution in [3.05, 3.63) is 10.3 Å². The Morgan fingerprint density at radius 2 is 2.25 bits per heavy atom. The number of anilines is 1. The summed E-state index contributed by atoms with van der Waals surface area (Å²) >= 11 is 0.974. The molecule has 6 nitrogen and oxygen atoms in total. The number of carbonyl (C=O) groups is 2. The summed E-state index contributed by atoms with van der Waals surface area (Å²) < 4.78 is 9.07. The summed E-state index contributed by atoms with van der Waals surface area (Å²) in [6, 6.07) is 0. The number of hydrogen-bond acceptors (Lipinski definition) is 6. The van der Waals surface area contributed by atoms with Gasteiger partial charge >= 0.3 is 12.1 Å². The van der Waals surface area contributed by atoms with Gasteiger partial charge in [-0.15, -0.1) is 11.3 Å². The fraction of sp³-hybridized carbons (Fsp3) is 0.333. The number of amides is 1. The van der Waals surface area contributed by atoms with E-state index in [2.05, 4.69) is 14.8 Å².